The van der Waals surface area contributed by atoms with Crippen molar-refractivity contribution in [2.75, 3.05) is 26.2 Å². The van der Waals surface area contributed by atoms with Crippen LogP contribution in [0.2, 0.25) is 0 Å². The quantitative estimate of drug-likeness (QED) is 0.858. The SMILES string of the molecule is CCCNC(=O)N1CC(F)CC1Cn1cc(C(=O)N2CCCC2)nn1. The maximum atomic E-state index is 13.8. The summed E-state index contributed by atoms with van der Waals surface area (Å²) in [6.07, 6.45) is 3.69. The molecule has 0 spiro atoms. The summed E-state index contributed by atoms with van der Waals surface area (Å²) in [4.78, 5) is 27.8. The molecule has 0 radical (unpaired) electrons. The van der Waals surface area contributed by atoms with Crippen molar-refractivity contribution in [1.29, 1.82) is 0 Å². The summed E-state index contributed by atoms with van der Waals surface area (Å²) in [7, 11) is 0. The Bertz CT molecular complexity index is 616. The van der Waals surface area contributed by atoms with Crippen LogP contribution in [0.5, 0.6) is 0 Å². The molecule has 1 N–H and O–H groups in total. The van der Waals surface area contributed by atoms with Gasteiger partial charge in [-0.2, -0.15) is 0 Å². The Kier molecular flexibility index (Phi) is 5.50. The fourth-order valence-electron chi connectivity index (χ4n) is 3.40. The third-order valence-corrected chi connectivity index (χ3v) is 4.70. The van der Waals surface area contributed by atoms with Crippen LogP contribution in [-0.4, -0.2) is 75.1 Å². The Morgan fingerprint density at radius 3 is 2.84 bits per heavy atom. The van der Waals surface area contributed by atoms with Crippen LogP contribution in [0.1, 0.15) is 43.1 Å². The van der Waals surface area contributed by atoms with Crippen LogP contribution in [0.25, 0.3) is 0 Å². The summed E-state index contributed by atoms with van der Waals surface area (Å²) < 4.78 is 15.4. The molecule has 0 aromatic carbocycles. The Morgan fingerprint density at radius 1 is 1.36 bits per heavy atom. The van der Waals surface area contributed by atoms with Gasteiger partial charge in [-0.3, -0.25) is 4.79 Å². The Morgan fingerprint density at radius 2 is 2.12 bits per heavy atom. The first-order chi connectivity index (χ1) is 12.1. The highest BCUT2D eigenvalue weighted by Crippen LogP contribution is 2.22. The second kappa shape index (κ2) is 7.79. The van der Waals surface area contributed by atoms with Crippen LogP contribution < -0.4 is 5.32 Å². The number of nitrogens with zero attached hydrogens (tertiary/aromatic N) is 5. The van der Waals surface area contributed by atoms with Crippen molar-refractivity contribution in [2.24, 2.45) is 0 Å². The van der Waals surface area contributed by atoms with Crippen molar-refractivity contribution in [2.45, 2.75) is 51.4 Å². The molecular formula is C16H25FN6O2. The number of likely N-dealkylation sites (tertiary alicyclic amines) is 2. The fraction of sp³-hybridized carbons (Fsp3) is 0.750. The number of aromatic nitrogens is 3. The lowest BCUT2D eigenvalue weighted by molar-refractivity contribution is 0.0787. The molecule has 2 fully saturated rings. The van der Waals surface area contributed by atoms with Crippen molar-refractivity contribution < 1.29 is 14.0 Å². The predicted octanol–water partition coefficient (Wildman–Crippen LogP) is 1.05. The molecule has 3 rings (SSSR count). The minimum atomic E-state index is -1.04. The largest absolute Gasteiger partial charge is 0.338 e. The second-order valence-corrected chi connectivity index (χ2v) is 6.70. The Balaban J connectivity index is 1.62. The van der Waals surface area contributed by atoms with Gasteiger partial charge in [-0.1, -0.05) is 12.1 Å². The van der Waals surface area contributed by atoms with E-state index in [2.05, 4.69) is 15.6 Å². The third-order valence-electron chi connectivity index (χ3n) is 4.70. The Hall–Kier alpha value is -2.19. The summed E-state index contributed by atoms with van der Waals surface area (Å²) in [6.45, 7) is 4.46. The number of nitrogens with one attached hydrogen (secondary N) is 1. The van der Waals surface area contributed by atoms with E-state index in [1.807, 2.05) is 6.92 Å². The van der Waals surface area contributed by atoms with Crippen molar-refractivity contribution in [3.63, 3.8) is 0 Å². The molecule has 2 atom stereocenters. The molecule has 3 amide bonds. The number of rotatable bonds is 5. The zero-order chi connectivity index (χ0) is 17.8. The van der Waals surface area contributed by atoms with E-state index in [0.29, 0.717) is 18.8 Å². The zero-order valence-electron chi connectivity index (χ0n) is 14.5. The molecule has 1 aromatic rings. The summed E-state index contributed by atoms with van der Waals surface area (Å²) >= 11 is 0. The average Bonchev–Trinajstić information content (AvgIpc) is 3.33. The van der Waals surface area contributed by atoms with E-state index in [0.717, 1.165) is 32.4 Å². The molecule has 138 valence electrons. The number of hydrogen-bond donors (Lipinski definition) is 1. The van der Waals surface area contributed by atoms with Gasteiger partial charge in [0, 0.05) is 26.1 Å². The first-order valence-corrected chi connectivity index (χ1v) is 8.96. The van der Waals surface area contributed by atoms with Crippen LogP contribution in [0.15, 0.2) is 6.20 Å². The molecule has 8 nitrogen and oxygen atoms in total. The van der Waals surface area contributed by atoms with Crippen LogP contribution in [0.3, 0.4) is 0 Å². The molecule has 2 aliphatic rings. The van der Waals surface area contributed by atoms with Crippen LogP contribution >= 0.6 is 0 Å². The number of amides is 3. The van der Waals surface area contributed by atoms with E-state index in [1.54, 1.807) is 11.1 Å². The molecule has 2 unspecified atom stereocenters. The van der Waals surface area contributed by atoms with E-state index in [9.17, 15) is 14.0 Å². The van der Waals surface area contributed by atoms with Gasteiger partial charge >= 0.3 is 6.03 Å². The number of urea groups is 1. The van der Waals surface area contributed by atoms with Crippen molar-refractivity contribution >= 4 is 11.9 Å². The fourth-order valence-corrected chi connectivity index (χ4v) is 3.40. The Labute approximate surface area is 146 Å². The average molecular weight is 352 g/mol. The van der Waals surface area contributed by atoms with Gasteiger partial charge in [0.25, 0.3) is 5.91 Å². The van der Waals surface area contributed by atoms with Gasteiger partial charge in [0.05, 0.1) is 25.3 Å². The van der Waals surface area contributed by atoms with E-state index in [1.165, 1.54) is 9.58 Å². The summed E-state index contributed by atoms with van der Waals surface area (Å²) in [5.74, 6) is -0.115. The van der Waals surface area contributed by atoms with Gasteiger partial charge in [-0.15, -0.1) is 5.10 Å². The molecule has 0 bridgehead atoms. The molecule has 1 aromatic heterocycles. The maximum absolute atomic E-state index is 13.8. The van der Waals surface area contributed by atoms with Crippen LogP contribution in [0, 0.1) is 0 Å². The smallest absolute Gasteiger partial charge is 0.317 e. The van der Waals surface area contributed by atoms with Gasteiger partial charge in [0.1, 0.15) is 6.17 Å². The van der Waals surface area contributed by atoms with Crippen molar-refractivity contribution in [3.8, 4) is 0 Å². The van der Waals surface area contributed by atoms with Crippen molar-refractivity contribution in [3.05, 3.63) is 11.9 Å². The lowest BCUT2D eigenvalue weighted by Gasteiger charge is -2.24. The molecule has 2 saturated heterocycles. The second-order valence-electron chi connectivity index (χ2n) is 6.70. The lowest BCUT2D eigenvalue weighted by Crippen LogP contribution is -2.44. The lowest BCUT2D eigenvalue weighted by atomic mass is 10.2. The summed E-state index contributed by atoms with van der Waals surface area (Å²) in [5, 5.41) is 10.7. The van der Waals surface area contributed by atoms with E-state index in [-0.39, 0.29) is 30.9 Å². The molecule has 0 aliphatic carbocycles. The van der Waals surface area contributed by atoms with Crippen molar-refractivity contribution in [1.82, 2.24) is 30.1 Å². The number of hydrogen-bond acceptors (Lipinski definition) is 4. The number of carbonyl (C=O) groups excluding carboxylic acids is 2. The molecule has 0 saturated carbocycles. The molecular weight excluding hydrogens is 327 g/mol. The monoisotopic (exact) mass is 352 g/mol. The van der Waals surface area contributed by atoms with E-state index >= 15 is 0 Å². The normalized spacial score (nSPS) is 23.3. The predicted molar refractivity (Wildman–Crippen MR) is 88.9 cm³/mol. The molecule has 3 heterocycles. The first kappa shape index (κ1) is 17.6. The third kappa shape index (κ3) is 4.08. The number of halogens is 1. The highest BCUT2D eigenvalue weighted by molar-refractivity contribution is 5.92. The van der Waals surface area contributed by atoms with E-state index < -0.39 is 6.17 Å². The van der Waals surface area contributed by atoms with Gasteiger partial charge in [0.2, 0.25) is 0 Å². The number of carbonyl (C=O) groups is 2. The minimum Gasteiger partial charge on any atom is -0.338 e. The molecule has 25 heavy (non-hydrogen) atoms. The highest BCUT2D eigenvalue weighted by Gasteiger charge is 2.36. The highest BCUT2D eigenvalue weighted by atomic mass is 19.1. The van der Waals surface area contributed by atoms with Gasteiger partial charge in [-0.25, -0.2) is 13.9 Å². The molecule has 2 aliphatic heterocycles. The maximum Gasteiger partial charge on any atom is 0.317 e. The molecule has 9 heteroatoms. The van der Waals surface area contributed by atoms with Gasteiger partial charge in [-0.05, 0) is 19.3 Å². The van der Waals surface area contributed by atoms with Crippen LogP contribution in [0.4, 0.5) is 9.18 Å². The summed E-state index contributed by atoms with van der Waals surface area (Å²) in [6, 6.07) is -0.538. The topological polar surface area (TPSA) is 83.4 Å². The first-order valence-electron chi connectivity index (χ1n) is 8.96. The summed E-state index contributed by atoms with van der Waals surface area (Å²) in [5.41, 5.74) is 0.304. The minimum absolute atomic E-state index is 0.0917. The van der Waals surface area contributed by atoms with Gasteiger partial charge in [0.15, 0.2) is 5.69 Å². The standard InChI is InChI=1S/C16H25FN6O2/c1-2-5-18-16(25)23-9-12(17)8-13(23)10-22-11-14(19-20-22)15(24)21-6-3-4-7-21/h11-13H,2-10H2,1H3,(H,18,25). The number of alkyl halides is 1. The van der Waals surface area contributed by atoms with E-state index in [4.69, 9.17) is 0 Å². The van der Waals surface area contributed by atoms with Gasteiger partial charge < -0.3 is 15.1 Å². The zero-order valence-corrected chi connectivity index (χ0v) is 14.5. The van der Waals surface area contributed by atoms with Crippen LogP contribution in [-0.2, 0) is 6.54 Å².